The fourth-order valence-electron chi connectivity index (χ4n) is 4.01. The minimum absolute atomic E-state index is 0.0354. The zero-order valence-electron chi connectivity index (χ0n) is 18.9. The number of ketones is 1. The summed E-state index contributed by atoms with van der Waals surface area (Å²) >= 11 is 1.45. The lowest BCUT2D eigenvalue weighted by atomic mass is 9.92. The van der Waals surface area contributed by atoms with Gasteiger partial charge in [0, 0.05) is 12.5 Å². The summed E-state index contributed by atoms with van der Waals surface area (Å²) in [5.74, 6) is 1.36. The number of carbonyl (C=O) groups excluding carboxylic acids is 2. The van der Waals surface area contributed by atoms with Gasteiger partial charge >= 0.3 is 5.97 Å². The smallest absolute Gasteiger partial charge is 0.337 e. The Balaban J connectivity index is 1.20. The van der Waals surface area contributed by atoms with Gasteiger partial charge in [0.25, 0.3) is 0 Å². The van der Waals surface area contributed by atoms with Crippen LogP contribution in [0.2, 0.25) is 0 Å². The van der Waals surface area contributed by atoms with Crippen molar-refractivity contribution in [2.45, 2.75) is 19.3 Å². The Labute approximate surface area is 197 Å². The van der Waals surface area contributed by atoms with Crippen LogP contribution in [-0.4, -0.2) is 62.1 Å². The number of rotatable bonds is 9. The third-order valence-electron chi connectivity index (χ3n) is 5.93. The molecule has 0 bridgehead atoms. The number of piperidine rings is 1. The van der Waals surface area contributed by atoms with Crippen LogP contribution in [0.25, 0.3) is 10.2 Å². The van der Waals surface area contributed by atoms with Crippen LogP contribution in [0.3, 0.4) is 0 Å². The molecule has 1 aliphatic rings. The molecule has 0 amide bonds. The Bertz CT molecular complexity index is 1100. The van der Waals surface area contributed by atoms with Crippen LogP contribution in [0.5, 0.6) is 11.5 Å². The Morgan fingerprint density at radius 3 is 2.48 bits per heavy atom. The standard InChI is InChI=1S/C25H28N2O5S/c1-30-20-8-9-21-22(16-20)33-24(26-21)23(28)17-10-13-27(14-11-17)12-3-15-32-19-6-4-18(5-7-19)25(29)31-2/h4-9,16-17H,3,10-15H2,1-2H3. The third-order valence-corrected chi connectivity index (χ3v) is 6.96. The lowest BCUT2D eigenvalue weighted by Crippen LogP contribution is -2.37. The molecule has 7 nitrogen and oxygen atoms in total. The third kappa shape index (κ3) is 5.69. The Morgan fingerprint density at radius 2 is 1.79 bits per heavy atom. The SMILES string of the molecule is COC(=O)c1ccc(OCCCN2CCC(C(=O)c3nc4ccc(OC)cc4s3)CC2)cc1. The Hall–Kier alpha value is -2.97. The summed E-state index contributed by atoms with van der Waals surface area (Å²) in [5.41, 5.74) is 1.36. The maximum absolute atomic E-state index is 13.0. The number of carbonyl (C=O) groups is 2. The van der Waals surface area contributed by atoms with Crippen molar-refractivity contribution < 1.29 is 23.8 Å². The van der Waals surface area contributed by atoms with Crippen molar-refractivity contribution in [2.75, 3.05) is 40.5 Å². The molecular formula is C25H28N2O5S. The van der Waals surface area contributed by atoms with Gasteiger partial charge in [0.15, 0.2) is 10.8 Å². The lowest BCUT2D eigenvalue weighted by molar-refractivity contribution is 0.0600. The number of fused-ring (bicyclic) bond motifs is 1. The number of thiazole rings is 1. The van der Waals surface area contributed by atoms with E-state index in [0.29, 0.717) is 17.2 Å². The van der Waals surface area contributed by atoms with Crippen molar-refractivity contribution in [3.8, 4) is 11.5 Å². The van der Waals surface area contributed by atoms with E-state index in [2.05, 4.69) is 9.88 Å². The van der Waals surface area contributed by atoms with Gasteiger partial charge in [-0.2, -0.15) is 0 Å². The van der Waals surface area contributed by atoms with Crippen LogP contribution in [-0.2, 0) is 4.74 Å². The largest absolute Gasteiger partial charge is 0.497 e. The van der Waals surface area contributed by atoms with Gasteiger partial charge < -0.3 is 19.1 Å². The Morgan fingerprint density at radius 1 is 1.06 bits per heavy atom. The van der Waals surface area contributed by atoms with E-state index in [9.17, 15) is 9.59 Å². The van der Waals surface area contributed by atoms with Gasteiger partial charge in [-0.1, -0.05) is 0 Å². The minimum atomic E-state index is -0.355. The highest BCUT2D eigenvalue weighted by Gasteiger charge is 2.27. The first kappa shape index (κ1) is 23.2. The molecule has 4 rings (SSSR count). The van der Waals surface area contributed by atoms with E-state index >= 15 is 0 Å². The molecule has 0 unspecified atom stereocenters. The molecule has 2 aromatic carbocycles. The molecular weight excluding hydrogens is 440 g/mol. The molecule has 0 aliphatic carbocycles. The van der Waals surface area contributed by atoms with Crippen LogP contribution in [0.4, 0.5) is 0 Å². The van der Waals surface area contributed by atoms with Crippen LogP contribution < -0.4 is 9.47 Å². The van der Waals surface area contributed by atoms with E-state index in [1.54, 1.807) is 31.4 Å². The summed E-state index contributed by atoms with van der Waals surface area (Å²) in [5, 5.41) is 0.600. The predicted molar refractivity (Wildman–Crippen MR) is 128 cm³/mol. The lowest BCUT2D eigenvalue weighted by Gasteiger charge is -2.30. The van der Waals surface area contributed by atoms with Gasteiger partial charge in [0.05, 0.1) is 36.6 Å². The van der Waals surface area contributed by atoms with Crippen molar-refractivity contribution in [2.24, 2.45) is 5.92 Å². The fourth-order valence-corrected chi connectivity index (χ4v) is 5.03. The minimum Gasteiger partial charge on any atom is -0.497 e. The zero-order chi connectivity index (χ0) is 23.2. The summed E-state index contributed by atoms with van der Waals surface area (Å²) in [7, 11) is 3.00. The van der Waals surface area contributed by atoms with Gasteiger partial charge in [-0.05, 0) is 74.8 Å². The molecule has 174 valence electrons. The quantitative estimate of drug-likeness (QED) is 0.261. The summed E-state index contributed by atoms with van der Waals surface area (Å²) in [6.45, 7) is 3.35. The second kappa shape index (κ2) is 10.8. The molecule has 0 radical (unpaired) electrons. The number of hydrogen-bond donors (Lipinski definition) is 0. The van der Waals surface area contributed by atoms with Crippen LogP contribution in [0.15, 0.2) is 42.5 Å². The van der Waals surface area contributed by atoms with Crippen LogP contribution >= 0.6 is 11.3 Å². The first-order valence-electron chi connectivity index (χ1n) is 11.1. The van der Waals surface area contributed by atoms with E-state index < -0.39 is 0 Å². The molecule has 0 saturated carbocycles. The average Bonchev–Trinajstić information content (AvgIpc) is 3.30. The maximum Gasteiger partial charge on any atom is 0.337 e. The highest BCUT2D eigenvalue weighted by atomic mass is 32.1. The van der Waals surface area contributed by atoms with Crippen molar-refractivity contribution >= 4 is 33.3 Å². The van der Waals surface area contributed by atoms with Gasteiger partial charge in [-0.15, -0.1) is 11.3 Å². The summed E-state index contributed by atoms with van der Waals surface area (Å²) < 4.78 is 16.7. The number of Topliss-reactive ketones (excluding diaryl/α,β-unsaturated/α-hetero) is 1. The monoisotopic (exact) mass is 468 g/mol. The van der Waals surface area contributed by atoms with E-state index in [-0.39, 0.29) is 17.7 Å². The van der Waals surface area contributed by atoms with Crippen molar-refractivity contribution in [1.82, 2.24) is 9.88 Å². The maximum atomic E-state index is 13.0. The Kier molecular flexibility index (Phi) is 7.57. The van der Waals surface area contributed by atoms with E-state index in [1.165, 1.54) is 18.4 Å². The second-order valence-corrected chi connectivity index (χ2v) is 9.08. The average molecular weight is 469 g/mol. The number of nitrogens with zero attached hydrogens (tertiary/aromatic N) is 2. The number of methoxy groups -OCH3 is 2. The topological polar surface area (TPSA) is 78.0 Å². The molecule has 8 heteroatoms. The molecule has 33 heavy (non-hydrogen) atoms. The molecule has 0 atom stereocenters. The summed E-state index contributed by atoms with van der Waals surface area (Å²) in [6.07, 6.45) is 2.61. The van der Waals surface area contributed by atoms with Crippen molar-refractivity contribution in [3.05, 3.63) is 53.0 Å². The highest BCUT2D eigenvalue weighted by molar-refractivity contribution is 7.20. The van der Waals surface area contributed by atoms with Crippen molar-refractivity contribution in [3.63, 3.8) is 0 Å². The van der Waals surface area contributed by atoms with E-state index in [1.807, 2.05) is 18.2 Å². The van der Waals surface area contributed by atoms with Gasteiger partial charge in [-0.25, -0.2) is 9.78 Å². The zero-order valence-corrected chi connectivity index (χ0v) is 19.7. The molecule has 1 saturated heterocycles. The molecule has 0 spiro atoms. The normalized spacial score (nSPS) is 14.8. The number of hydrogen-bond acceptors (Lipinski definition) is 8. The van der Waals surface area contributed by atoms with Crippen molar-refractivity contribution in [1.29, 1.82) is 0 Å². The van der Waals surface area contributed by atoms with Crippen LogP contribution in [0.1, 0.15) is 39.4 Å². The second-order valence-electron chi connectivity index (χ2n) is 8.05. The van der Waals surface area contributed by atoms with E-state index in [0.717, 1.165) is 60.6 Å². The molecule has 0 N–H and O–H groups in total. The number of ether oxygens (including phenoxy) is 3. The van der Waals surface area contributed by atoms with Gasteiger partial charge in [-0.3, -0.25) is 4.79 Å². The van der Waals surface area contributed by atoms with E-state index in [4.69, 9.17) is 14.2 Å². The fraction of sp³-hybridized carbons (Fsp3) is 0.400. The molecule has 1 aromatic heterocycles. The first-order chi connectivity index (χ1) is 16.1. The molecule has 2 heterocycles. The molecule has 1 fully saturated rings. The predicted octanol–water partition coefficient (Wildman–Crippen LogP) is 4.46. The number of aromatic nitrogens is 1. The summed E-state index contributed by atoms with van der Waals surface area (Å²) in [4.78, 5) is 31.4. The first-order valence-corrected chi connectivity index (χ1v) is 11.9. The summed E-state index contributed by atoms with van der Waals surface area (Å²) in [6, 6.07) is 12.7. The number of likely N-dealkylation sites (tertiary alicyclic amines) is 1. The van der Waals surface area contributed by atoms with Crippen LogP contribution in [0, 0.1) is 5.92 Å². The molecule has 1 aliphatic heterocycles. The number of benzene rings is 2. The molecule has 3 aromatic rings. The number of esters is 1. The highest BCUT2D eigenvalue weighted by Crippen LogP contribution is 2.30. The van der Waals surface area contributed by atoms with Gasteiger partial charge in [0.1, 0.15) is 11.5 Å². The van der Waals surface area contributed by atoms with Gasteiger partial charge in [0.2, 0.25) is 0 Å².